The van der Waals surface area contributed by atoms with E-state index in [1.165, 1.54) is 102 Å². The molecular formula is C54H66Cl4N6O2. The molecule has 0 unspecified atom stereocenters. The first-order valence-electron chi connectivity index (χ1n) is 24.7. The molecule has 6 aliphatic rings. The van der Waals surface area contributed by atoms with Crippen LogP contribution in [0.4, 0.5) is 0 Å². The van der Waals surface area contributed by atoms with Gasteiger partial charge < -0.3 is 9.80 Å². The maximum Gasteiger partial charge on any atom is 0.227 e. The minimum absolute atomic E-state index is 0.217. The van der Waals surface area contributed by atoms with Gasteiger partial charge in [-0.05, 0) is 124 Å². The molecule has 6 fully saturated rings. The lowest BCUT2D eigenvalue weighted by molar-refractivity contribution is -0.144. The lowest BCUT2D eigenvalue weighted by Crippen LogP contribution is -2.68. The predicted molar refractivity (Wildman–Crippen MR) is 270 cm³/mol. The third-order valence-corrected chi connectivity index (χ3v) is 17.0. The van der Waals surface area contributed by atoms with Crippen molar-refractivity contribution >= 4 is 58.2 Å². The fourth-order valence-corrected chi connectivity index (χ4v) is 13.0. The summed E-state index contributed by atoms with van der Waals surface area (Å²) < 4.78 is 0. The van der Waals surface area contributed by atoms with Crippen LogP contribution in [0.2, 0.25) is 20.1 Å². The second-order valence-electron chi connectivity index (χ2n) is 19.5. The van der Waals surface area contributed by atoms with Crippen LogP contribution >= 0.6 is 46.4 Å². The van der Waals surface area contributed by atoms with Crippen LogP contribution in [-0.4, -0.2) is 130 Å². The number of hydrogen-bond acceptors (Lipinski definition) is 6. The fourth-order valence-electron chi connectivity index (χ4n) is 12.4. The van der Waals surface area contributed by atoms with E-state index in [9.17, 15) is 9.59 Å². The van der Waals surface area contributed by atoms with Crippen molar-refractivity contribution in [2.24, 2.45) is 0 Å². The minimum atomic E-state index is 0.217. The van der Waals surface area contributed by atoms with Gasteiger partial charge in [0.25, 0.3) is 0 Å². The van der Waals surface area contributed by atoms with Crippen molar-refractivity contribution in [2.75, 3.05) is 52.4 Å². The molecule has 66 heavy (non-hydrogen) atoms. The smallest absolute Gasteiger partial charge is 0.227 e. The third kappa shape index (κ3) is 11.3. The molecule has 0 spiro atoms. The molecular weight excluding hydrogens is 906 g/mol. The van der Waals surface area contributed by atoms with E-state index in [2.05, 4.69) is 90.1 Å². The van der Waals surface area contributed by atoms with E-state index in [1.807, 2.05) is 24.3 Å². The van der Waals surface area contributed by atoms with Crippen molar-refractivity contribution < 1.29 is 9.59 Å². The molecule has 12 heteroatoms. The molecule has 0 radical (unpaired) electrons. The largest absolute Gasteiger partial charge is 0.335 e. The van der Waals surface area contributed by atoms with E-state index in [0.29, 0.717) is 57.1 Å². The molecule has 4 aliphatic heterocycles. The zero-order valence-corrected chi connectivity index (χ0v) is 41.3. The molecule has 4 heterocycles. The van der Waals surface area contributed by atoms with Gasteiger partial charge in [0.05, 0.1) is 45.0 Å². The summed E-state index contributed by atoms with van der Waals surface area (Å²) in [5.74, 6) is 0.433. The Labute approximate surface area is 413 Å². The molecule has 0 bridgehead atoms. The molecule has 0 aromatic heterocycles. The van der Waals surface area contributed by atoms with E-state index in [4.69, 9.17) is 46.4 Å². The van der Waals surface area contributed by atoms with Gasteiger partial charge in [-0.2, -0.15) is 0 Å². The van der Waals surface area contributed by atoms with E-state index >= 15 is 0 Å². The van der Waals surface area contributed by atoms with Crippen LogP contribution in [0.15, 0.2) is 97.1 Å². The third-order valence-electron chi connectivity index (χ3n) is 15.5. The minimum Gasteiger partial charge on any atom is -0.335 e. The highest BCUT2D eigenvalue weighted by atomic mass is 35.5. The number of piperazine rings is 2. The van der Waals surface area contributed by atoms with Crippen molar-refractivity contribution in [2.45, 2.75) is 126 Å². The maximum atomic E-state index is 13.7. The average molecular weight is 973 g/mol. The number of amides is 2. The first-order valence-corrected chi connectivity index (χ1v) is 26.2. The molecule has 4 saturated heterocycles. The normalized spacial score (nSPS) is 26.4. The second kappa shape index (κ2) is 22.5. The number of carbonyl (C=O) groups excluding carboxylic acids is 2. The first-order chi connectivity index (χ1) is 32.2. The fraction of sp³-hybridized carbons (Fsp3) is 0.519. The summed E-state index contributed by atoms with van der Waals surface area (Å²) in [5.41, 5.74) is 4.59. The summed E-state index contributed by atoms with van der Waals surface area (Å²) in [4.78, 5) is 42.4. The molecule has 2 aliphatic carbocycles. The topological polar surface area (TPSA) is 53.6 Å². The molecule has 2 saturated carbocycles. The summed E-state index contributed by atoms with van der Waals surface area (Å²) in [6.45, 7) is 10.0. The highest BCUT2D eigenvalue weighted by Gasteiger charge is 2.48. The molecule has 0 N–H and O–H groups in total. The van der Waals surface area contributed by atoms with E-state index < -0.39 is 0 Å². The van der Waals surface area contributed by atoms with Crippen molar-refractivity contribution in [3.05, 3.63) is 139 Å². The lowest BCUT2D eigenvalue weighted by atomic mass is 9.81. The molecule has 6 atom stereocenters. The van der Waals surface area contributed by atoms with Gasteiger partial charge in [-0.15, -0.1) is 0 Å². The van der Waals surface area contributed by atoms with Gasteiger partial charge in [-0.1, -0.05) is 132 Å². The number of benzene rings is 4. The zero-order valence-electron chi connectivity index (χ0n) is 38.3. The van der Waals surface area contributed by atoms with Crippen LogP contribution in [-0.2, 0) is 35.5 Å². The zero-order chi connectivity index (χ0) is 45.6. The van der Waals surface area contributed by atoms with Gasteiger partial charge in [-0.25, -0.2) is 0 Å². The van der Waals surface area contributed by atoms with Crippen LogP contribution in [0.3, 0.4) is 0 Å². The molecule has 352 valence electrons. The number of fused-ring (bicyclic) bond motifs is 2. The van der Waals surface area contributed by atoms with Gasteiger partial charge >= 0.3 is 0 Å². The Balaban J connectivity index is 0.000000166. The first kappa shape index (κ1) is 47.9. The van der Waals surface area contributed by atoms with Crippen molar-refractivity contribution in [3.63, 3.8) is 0 Å². The summed E-state index contributed by atoms with van der Waals surface area (Å²) in [7, 11) is 0. The van der Waals surface area contributed by atoms with Gasteiger partial charge in [0.15, 0.2) is 0 Å². The Morgan fingerprint density at radius 2 is 0.788 bits per heavy atom. The number of hydrogen-bond donors (Lipinski definition) is 0. The number of rotatable bonds is 10. The lowest BCUT2D eigenvalue weighted by Gasteiger charge is -2.55. The van der Waals surface area contributed by atoms with Crippen LogP contribution in [0, 0.1) is 0 Å². The van der Waals surface area contributed by atoms with E-state index in [1.54, 1.807) is 12.1 Å². The maximum absolute atomic E-state index is 13.7. The van der Waals surface area contributed by atoms with Crippen LogP contribution in [0.5, 0.6) is 0 Å². The average Bonchev–Trinajstić information content (AvgIpc) is 4.09. The highest BCUT2D eigenvalue weighted by molar-refractivity contribution is 6.42. The number of likely N-dealkylation sites (tertiary alicyclic amines) is 2. The number of carbonyl (C=O) groups is 2. The summed E-state index contributed by atoms with van der Waals surface area (Å²) in [6.07, 6.45) is 13.1. The Bertz CT molecular complexity index is 2080. The van der Waals surface area contributed by atoms with Gasteiger partial charge in [0, 0.05) is 63.4 Å². The van der Waals surface area contributed by atoms with Crippen molar-refractivity contribution in [1.82, 2.24) is 29.4 Å². The number of halogens is 4. The Kier molecular flexibility index (Phi) is 16.3. The standard InChI is InChI=1S/2C27H33Cl2N3O/c2*28-22-12-11-21(17-23(22)29)18-26(33)32-16-15-31(19-20-7-2-1-3-8-20)25-10-6-9-24(27(25)32)30-13-4-5-14-30/h2*1-3,7-8,11-12,17,24-25,27H,4-6,9-10,13-16,18-19H2/t2*24-,25-,27+/m10/s1. The van der Waals surface area contributed by atoms with E-state index in [-0.39, 0.29) is 23.9 Å². The summed E-state index contributed by atoms with van der Waals surface area (Å²) in [6, 6.07) is 34.9. The van der Waals surface area contributed by atoms with Gasteiger partial charge in [0.1, 0.15) is 0 Å². The van der Waals surface area contributed by atoms with Gasteiger partial charge in [0.2, 0.25) is 11.8 Å². The van der Waals surface area contributed by atoms with Crippen LogP contribution < -0.4 is 0 Å². The summed E-state index contributed by atoms with van der Waals surface area (Å²) >= 11 is 24.6. The molecule has 4 aromatic rings. The molecule has 2 amide bonds. The second-order valence-corrected chi connectivity index (χ2v) is 21.2. The van der Waals surface area contributed by atoms with Crippen molar-refractivity contribution in [1.29, 1.82) is 0 Å². The highest BCUT2D eigenvalue weighted by Crippen LogP contribution is 2.38. The quantitative estimate of drug-likeness (QED) is 0.158. The molecule has 10 rings (SSSR count). The molecule has 4 aromatic carbocycles. The summed E-state index contributed by atoms with van der Waals surface area (Å²) in [5, 5.41) is 2.09. The van der Waals surface area contributed by atoms with E-state index in [0.717, 1.165) is 50.4 Å². The Morgan fingerprint density at radius 1 is 0.409 bits per heavy atom. The van der Waals surface area contributed by atoms with Crippen molar-refractivity contribution in [3.8, 4) is 0 Å². The Morgan fingerprint density at radius 3 is 1.17 bits per heavy atom. The molecule has 8 nitrogen and oxygen atoms in total. The Hall–Kier alpha value is -3.18. The monoisotopic (exact) mass is 970 g/mol. The van der Waals surface area contributed by atoms with Crippen LogP contribution in [0.1, 0.15) is 86.5 Å². The van der Waals surface area contributed by atoms with Crippen LogP contribution in [0.25, 0.3) is 0 Å². The SMILES string of the molecule is O=C(Cc1ccc(Cl)c(Cl)c1)N1CCN(Cc2ccccc2)[C@@H]2CCC[C@@H](N3CCCC3)[C@@H]21.O=C(Cc1ccc(Cl)c(Cl)c1)N1CCN(Cc2ccccc2)[C@H]2CCC[C@H](N3CCCC3)[C@H]21. The van der Waals surface area contributed by atoms with Gasteiger partial charge in [-0.3, -0.25) is 29.2 Å². The predicted octanol–water partition coefficient (Wildman–Crippen LogP) is 10.5. The number of nitrogens with zero attached hydrogens (tertiary/aromatic N) is 6.